The quantitative estimate of drug-likeness (QED) is 0.827. The molecule has 0 spiro atoms. The van der Waals surface area contributed by atoms with Crippen molar-refractivity contribution in [1.29, 1.82) is 0 Å². The van der Waals surface area contributed by atoms with Gasteiger partial charge in [-0.2, -0.15) is 0 Å². The zero-order valence-corrected chi connectivity index (χ0v) is 11.5. The maximum absolute atomic E-state index is 5.95. The molecule has 1 nitrogen and oxygen atoms in total. The standard InChI is InChI=1S/C15H22ClN/c1-11(2)15(17-14-5-3-4-6-14)12-7-9-13(16)10-8-12/h7-11,14-15,17H,3-6H2,1-2H3. The molecule has 1 fully saturated rings. The minimum absolute atomic E-state index is 0.454. The van der Waals surface area contributed by atoms with Crippen molar-refractivity contribution in [2.75, 3.05) is 0 Å². The summed E-state index contributed by atoms with van der Waals surface area (Å²) >= 11 is 5.95. The summed E-state index contributed by atoms with van der Waals surface area (Å²) in [5, 5.41) is 4.62. The number of hydrogen-bond acceptors (Lipinski definition) is 1. The molecular weight excluding hydrogens is 230 g/mol. The van der Waals surface area contributed by atoms with Crippen LogP contribution in [0.1, 0.15) is 51.1 Å². The van der Waals surface area contributed by atoms with Crippen LogP contribution in [0.2, 0.25) is 5.02 Å². The second-order valence-electron chi connectivity index (χ2n) is 5.42. The molecule has 2 rings (SSSR count). The Labute approximate surface area is 110 Å². The SMILES string of the molecule is CC(C)C(NC1CCCC1)c1ccc(Cl)cc1. The maximum atomic E-state index is 5.95. The molecule has 1 aromatic carbocycles. The second kappa shape index (κ2) is 5.88. The van der Waals surface area contributed by atoms with E-state index >= 15 is 0 Å². The van der Waals surface area contributed by atoms with Crippen LogP contribution in [0.25, 0.3) is 0 Å². The van der Waals surface area contributed by atoms with Crippen LogP contribution in [0.3, 0.4) is 0 Å². The lowest BCUT2D eigenvalue weighted by Gasteiger charge is -2.26. The first-order valence-electron chi connectivity index (χ1n) is 6.68. The van der Waals surface area contributed by atoms with Gasteiger partial charge in [0.15, 0.2) is 0 Å². The molecule has 1 aliphatic carbocycles. The highest BCUT2D eigenvalue weighted by molar-refractivity contribution is 6.30. The van der Waals surface area contributed by atoms with Gasteiger partial charge in [0.05, 0.1) is 0 Å². The lowest BCUT2D eigenvalue weighted by Crippen LogP contribution is -2.33. The van der Waals surface area contributed by atoms with Gasteiger partial charge >= 0.3 is 0 Å². The van der Waals surface area contributed by atoms with Crippen LogP contribution in [-0.4, -0.2) is 6.04 Å². The Hall–Kier alpha value is -0.530. The molecule has 0 heterocycles. The van der Waals surface area contributed by atoms with Crippen molar-refractivity contribution < 1.29 is 0 Å². The molecule has 0 aromatic heterocycles. The molecular formula is C15H22ClN. The molecule has 0 amide bonds. The summed E-state index contributed by atoms with van der Waals surface area (Å²) in [5.41, 5.74) is 1.36. The lowest BCUT2D eigenvalue weighted by molar-refractivity contribution is 0.360. The Kier molecular flexibility index (Phi) is 4.47. The number of halogens is 1. The third kappa shape index (κ3) is 3.46. The largest absolute Gasteiger partial charge is 0.307 e. The van der Waals surface area contributed by atoms with Crippen molar-refractivity contribution in [3.05, 3.63) is 34.9 Å². The van der Waals surface area contributed by atoms with Gasteiger partial charge in [-0.05, 0) is 36.5 Å². The number of hydrogen-bond donors (Lipinski definition) is 1. The van der Waals surface area contributed by atoms with Gasteiger partial charge in [-0.3, -0.25) is 0 Å². The summed E-state index contributed by atoms with van der Waals surface area (Å²) < 4.78 is 0. The minimum Gasteiger partial charge on any atom is -0.307 e. The Bertz CT molecular complexity index is 338. The van der Waals surface area contributed by atoms with Gasteiger partial charge in [0.1, 0.15) is 0 Å². The molecule has 1 aromatic rings. The zero-order chi connectivity index (χ0) is 12.3. The van der Waals surface area contributed by atoms with Crippen LogP contribution in [0.5, 0.6) is 0 Å². The third-order valence-electron chi connectivity index (χ3n) is 3.67. The van der Waals surface area contributed by atoms with E-state index in [-0.39, 0.29) is 0 Å². The van der Waals surface area contributed by atoms with Crippen molar-refractivity contribution in [3.63, 3.8) is 0 Å². The Morgan fingerprint density at radius 3 is 2.24 bits per heavy atom. The van der Waals surface area contributed by atoms with Crippen LogP contribution in [0.15, 0.2) is 24.3 Å². The van der Waals surface area contributed by atoms with E-state index in [1.54, 1.807) is 0 Å². The average Bonchev–Trinajstić information content (AvgIpc) is 2.80. The fraction of sp³-hybridized carbons (Fsp3) is 0.600. The highest BCUT2D eigenvalue weighted by Crippen LogP contribution is 2.27. The van der Waals surface area contributed by atoms with E-state index in [1.165, 1.54) is 31.2 Å². The summed E-state index contributed by atoms with van der Waals surface area (Å²) in [5.74, 6) is 0.608. The predicted octanol–water partition coefficient (Wildman–Crippen LogP) is 4.57. The van der Waals surface area contributed by atoms with Crippen molar-refractivity contribution in [1.82, 2.24) is 5.32 Å². The van der Waals surface area contributed by atoms with E-state index in [2.05, 4.69) is 31.3 Å². The third-order valence-corrected chi connectivity index (χ3v) is 3.92. The highest BCUT2D eigenvalue weighted by atomic mass is 35.5. The van der Waals surface area contributed by atoms with E-state index in [0.29, 0.717) is 18.0 Å². The van der Waals surface area contributed by atoms with Gasteiger partial charge < -0.3 is 5.32 Å². The van der Waals surface area contributed by atoms with E-state index < -0.39 is 0 Å². The first-order chi connectivity index (χ1) is 8.16. The van der Waals surface area contributed by atoms with Crippen molar-refractivity contribution in [2.45, 2.75) is 51.6 Å². The number of nitrogens with one attached hydrogen (secondary N) is 1. The molecule has 0 bridgehead atoms. The van der Waals surface area contributed by atoms with Crippen LogP contribution < -0.4 is 5.32 Å². The molecule has 1 saturated carbocycles. The van der Waals surface area contributed by atoms with E-state index in [4.69, 9.17) is 11.6 Å². The smallest absolute Gasteiger partial charge is 0.0406 e. The second-order valence-corrected chi connectivity index (χ2v) is 5.86. The molecule has 2 heteroatoms. The monoisotopic (exact) mass is 251 g/mol. The van der Waals surface area contributed by atoms with E-state index in [0.717, 1.165) is 5.02 Å². The van der Waals surface area contributed by atoms with Crippen molar-refractivity contribution >= 4 is 11.6 Å². The Morgan fingerprint density at radius 1 is 1.12 bits per heavy atom. The van der Waals surface area contributed by atoms with Crippen LogP contribution in [-0.2, 0) is 0 Å². The highest BCUT2D eigenvalue weighted by Gasteiger charge is 2.22. The molecule has 0 radical (unpaired) electrons. The zero-order valence-electron chi connectivity index (χ0n) is 10.7. The molecule has 0 aliphatic heterocycles. The normalized spacial score (nSPS) is 18.8. The Morgan fingerprint density at radius 2 is 1.71 bits per heavy atom. The molecule has 94 valence electrons. The molecule has 0 saturated heterocycles. The maximum Gasteiger partial charge on any atom is 0.0406 e. The summed E-state index contributed by atoms with van der Waals surface area (Å²) in [6, 6.07) is 9.43. The predicted molar refractivity (Wildman–Crippen MR) is 74.4 cm³/mol. The van der Waals surface area contributed by atoms with Crippen molar-refractivity contribution in [2.24, 2.45) is 5.92 Å². The fourth-order valence-corrected chi connectivity index (χ4v) is 2.82. The van der Waals surface area contributed by atoms with E-state index in [1.807, 2.05) is 12.1 Å². The van der Waals surface area contributed by atoms with Crippen LogP contribution in [0, 0.1) is 5.92 Å². The van der Waals surface area contributed by atoms with Crippen LogP contribution in [0.4, 0.5) is 0 Å². The molecule has 1 N–H and O–H groups in total. The molecule has 17 heavy (non-hydrogen) atoms. The first kappa shape index (κ1) is 12.9. The minimum atomic E-state index is 0.454. The number of benzene rings is 1. The lowest BCUT2D eigenvalue weighted by atomic mass is 9.95. The van der Waals surface area contributed by atoms with Gasteiger partial charge in [-0.25, -0.2) is 0 Å². The average molecular weight is 252 g/mol. The molecule has 1 unspecified atom stereocenters. The van der Waals surface area contributed by atoms with Gasteiger partial charge in [-0.1, -0.05) is 50.4 Å². The topological polar surface area (TPSA) is 12.0 Å². The fourth-order valence-electron chi connectivity index (χ4n) is 2.69. The first-order valence-corrected chi connectivity index (χ1v) is 7.06. The van der Waals surface area contributed by atoms with E-state index in [9.17, 15) is 0 Å². The Balaban J connectivity index is 2.08. The molecule has 1 atom stereocenters. The summed E-state index contributed by atoms with van der Waals surface area (Å²) in [6.07, 6.45) is 5.42. The van der Waals surface area contributed by atoms with Gasteiger partial charge in [0.2, 0.25) is 0 Å². The summed E-state index contributed by atoms with van der Waals surface area (Å²) in [7, 11) is 0. The summed E-state index contributed by atoms with van der Waals surface area (Å²) in [4.78, 5) is 0. The summed E-state index contributed by atoms with van der Waals surface area (Å²) in [6.45, 7) is 4.56. The van der Waals surface area contributed by atoms with Crippen molar-refractivity contribution in [3.8, 4) is 0 Å². The van der Waals surface area contributed by atoms with Gasteiger partial charge in [0, 0.05) is 17.1 Å². The van der Waals surface area contributed by atoms with Gasteiger partial charge in [-0.15, -0.1) is 0 Å². The number of rotatable bonds is 4. The van der Waals surface area contributed by atoms with Gasteiger partial charge in [0.25, 0.3) is 0 Å². The van der Waals surface area contributed by atoms with Crippen LogP contribution >= 0.6 is 11.6 Å². The molecule has 1 aliphatic rings.